The molecule has 7 aromatic carbocycles. The van der Waals surface area contributed by atoms with Crippen LogP contribution in [0.1, 0.15) is 0 Å². The van der Waals surface area contributed by atoms with Crippen molar-refractivity contribution < 1.29 is 8.83 Å². The van der Waals surface area contributed by atoms with Crippen molar-refractivity contribution >= 4 is 81.3 Å². The van der Waals surface area contributed by atoms with Crippen LogP contribution < -0.4 is 5.56 Å². The first-order valence-electron chi connectivity index (χ1n) is 16.5. The molecule has 0 N–H and O–H groups in total. The van der Waals surface area contributed by atoms with Crippen LogP contribution in [0.3, 0.4) is 0 Å². The molecule has 0 spiro atoms. The van der Waals surface area contributed by atoms with Crippen LogP contribution in [0.5, 0.6) is 0 Å². The first kappa shape index (κ1) is 27.5. The Kier molecular flexibility index (Phi) is 5.63. The van der Waals surface area contributed by atoms with Gasteiger partial charge in [0.05, 0.1) is 16.4 Å². The van der Waals surface area contributed by atoms with Gasteiger partial charge in [-0.15, -0.1) is 0 Å². The standard InChI is InChI=1S/C44H24N2O3S/c47-43-32-19-16-26(25-8-2-1-3-9-25)24-40(32)50-44-45-34-23-28(17-20-35(34)46(43)44)30-12-7-15-39-42(30)33-22-27(18-21-37(33)49-39)29-11-6-14-38-41(29)31-10-4-5-13-36(31)48-38/h1-24H. The molecule has 0 unspecified atom stereocenters. The van der Waals surface area contributed by atoms with E-state index in [0.717, 1.165) is 93.0 Å². The topological polar surface area (TPSA) is 60.7 Å². The molecule has 5 nitrogen and oxygen atoms in total. The van der Waals surface area contributed by atoms with E-state index in [2.05, 4.69) is 72.8 Å². The van der Waals surface area contributed by atoms with Crippen LogP contribution in [0.4, 0.5) is 0 Å². The summed E-state index contributed by atoms with van der Waals surface area (Å²) in [6, 6.07) is 49.5. The van der Waals surface area contributed by atoms with Crippen molar-refractivity contribution in [3.63, 3.8) is 0 Å². The summed E-state index contributed by atoms with van der Waals surface area (Å²) in [6.07, 6.45) is 0. The monoisotopic (exact) mass is 660 g/mol. The van der Waals surface area contributed by atoms with Crippen molar-refractivity contribution in [2.24, 2.45) is 0 Å². The summed E-state index contributed by atoms with van der Waals surface area (Å²) in [6.45, 7) is 0. The van der Waals surface area contributed by atoms with Crippen LogP contribution >= 0.6 is 11.3 Å². The van der Waals surface area contributed by atoms with Crippen molar-refractivity contribution in [3.05, 3.63) is 156 Å². The maximum Gasteiger partial charge on any atom is 0.266 e. The maximum absolute atomic E-state index is 13.8. The number of nitrogens with zero attached hydrogens (tertiary/aromatic N) is 2. The Bertz CT molecular complexity index is 3240. The molecule has 0 aliphatic carbocycles. The van der Waals surface area contributed by atoms with Crippen LogP contribution in [0.15, 0.2) is 159 Å². The molecule has 50 heavy (non-hydrogen) atoms. The van der Waals surface area contributed by atoms with Gasteiger partial charge in [-0.25, -0.2) is 9.38 Å². The number of hydrogen-bond donors (Lipinski definition) is 0. The Morgan fingerprint density at radius 3 is 1.98 bits per heavy atom. The van der Waals surface area contributed by atoms with Crippen LogP contribution in [0.2, 0.25) is 0 Å². The second kappa shape index (κ2) is 10.3. The Morgan fingerprint density at radius 2 is 1.16 bits per heavy atom. The highest BCUT2D eigenvalue weighted by Crippen LogP contribution is 2.42. The fourth-order valence-corrected chi connectivity index (χ4v) is 8.62. The minimum absolute atomic E-state index is 0.0560. The zero-order valence-electron chi connectivity index (χ0n) is 26.4. The predicted molar refractivity (Wildman–Crippen MR) is 205 cm³/mol. The molecule has 0 atom stereocenters. The molecule has 4 aromatic heterocycles. The highest BCUT2D eigenvalue weighted by atomic mass is 32.1. The molecule has 0 aliphatic heterocycles. The van der Waals surface area contributed by atoms with E-state index in [1.54, 1.807) is 4.40 Å². The Morgan fingerprint density at radius 1 is 0.500 bits per heavy atom. The average molecular weight is 661 g/mol. The summed E-state index contributed by atoms with van der Waals surface area (Å²) in [4.78, 5) is 19.5. The van der Waals surface area contributed by atoms with Gasteiger partial charge in [-0.3, -0.25) is 4.79 Å². The molecule has 6 heteroatoms. The predicted octanol–water partition coefficient (Wildman–Crippen LogP) is 11.9. The SMILES string of the molecule is O=c1c2ccc(-c3ccccc3)cc2sc2nc3cc(-c4cccc5oc6ccc(-c7cccc8oc9ccccc9c78)cc6c45)ccc3n12. The molecule has 234 valence electrons. The first-order chi connectivity index (χ1) is 24.7. The van der Waals surface area contributed by atoms with Crippen molar-refractivity contribution in [1.82, 2.24) is 9.38 Å². The van der Waals surface area contributed by atoms with E-state index in [9.17, 15) is 4.79 Å². The number of hydrogen-bond acceptors (Lipinski definition) is 5. The number of rotatable bonds is 3. The highest BCUT2D eigenvalue weighted by molar-refractivity contribution is 7.23. The van der Waals surface area contributed by atoms with Crippen LogP contribution in [0, 0.1) is 0 Å². The third-order valence-corrected chi connectivity index (χ3v) is 10.9. The van der Waals surface area contributed by atoms with Gasteiger partial charge in [-0.1, -0.05) is 102 Å². The van der Waals surface area contributed by atoms with Crippen molar-refractivity contribution in [3.8, 4) is 33.4 Å². The molecule has 0 amide bonds. The van der Waals surface area contributed by atoms with Crippen molar-refractivity contribution in [2.75, 3.05) is 0 Å². The van der Waals surface area contributed by atoms with E-state index < -0.39 is 0 Å². The van der Waals surface area contributed by atoms with E-state index in [4.69, 9.17) is 13.8 Å². The minimum atomic E-state index is -0.0560. The van der Waals surface area contributed by atoms with Crippen LogP contribution in [-0.2, 0) is 0 Å². The summed E-state index contributed by atoms with van der Waals surface area (Å²) in [5.41, 5.74) is 11.4. The zero-order valence-corrected chi connectivity index (χ0v) is 27.2. The number of aromatic nitrogens is 2. The van der Waals surface area contributed by atoms with Gasteiger partial charge in [0.15, 0.2) is 4.96 Å². The van der Waals surface area contributed by atoms with Gasteiger partial charge in [0.2, 0.25) is 0 Å². The van der Waals surface area contributed by atoms with Gasteiger partial charge >= 0.3 is 0 Å². The first-order valence-corrected chi connectivity index (χ1v) is 17.3. The Labute approximate surface area is 287 Å². The summed E-state index contributed by atoms with van der Waals surface area (Å²) < 4.78 is 15.3. The van der Waals surface area contributed by atoms with Crippen LogP contribution in [0.25, 0.3) is 103 Å². The van der Waals surface area contributed by atoms with Gasteiger partial charge < -0.3 is 8.83 Å². The summed E-state index contributed by atoms with van der Waals surface area (Å²) in [5, 5.41) is 4.98. The quantitative estimate of drug-likeness (QED) is 0.189. The molecular weight excluding hydrogens is 637 g/mol. The van der Waals surface area contributed by atoms with Gasteiger partial charge in [0, 0.05) is 26.2 Å². The largest absolute Gasteiger partial charge is 0.456 e. The highest BCUT2D eigenvalue weighted by Gasteiger charge is 2.18. The normalized spacial score (nSPS) is 12.1. The van der Waals surface area contributed by atoms with Gasteiger partial charge in [0.1, 0.15) is 22.3 Å². The number of fused-ring (bicyclic) bond motifs is 10. The number of furan rings is 2. The van der Waals surface area contributed by atoms with Gasteiger partial charge in [-0.2, -0.15) is 0 Å². The molecule has 0 aliphatic rings. The second-order valence-corrected chi connectivity index (χ2v) is 13.7. The van der Waals surface area contributed by atoms with Crippen molar-refractivity contribution in [2.45, 2.75) is 0 Å². The number of para-hydroxylation sites is 1. The van der Waals surface area contributed by atoms with E-state index in [-0.39, 0.29) is 5.56 Å². The Hall–Kier alpha value is -6.50. The molecule has 0 fully saturated rings. The molecule has 0 saturated carbocycles. The lowest BCUT2D eigenvalue weighted by Gasteiger charge is -2.06. The third-order valence-electron chi connectivity index (χ3n) is 9.87. The average Bonchev–Trinajstić information content (AvgIpc) is 3.85. The zero-order chi connectivity index (χ0) is 32.9. The number of imidazole rings is 1. The summed E-state index contributed by atoms with van der Waals surface area (Å²) >= 11 is 1.54. The van der Waals surface area contributed by atoms with Crippen molar-refractivity contribution in [1.29, 1.82) is 0 Å². The smallest absolute Gasteiger partial charge is 0.266 e. The van der Waals surface area contributed by atoms with Crippen LogP contribution in [-0.4, -0.2) is 9.38 Å². The van der Waals surface area contributed by atoms with E-state index in [1.807, 2.05) is 72.8 Å². The maximum atomic E-state index is 13.8. The lowest BCUT2D eigenvalue weighted by atomic mass is 9.95. The second-order valence-electron chi connectivity index (χ2n) is 12.7. The summed E-state index contributed by atoms with van der Waals surface area (Å²) in [5.74, 6) is 0. The van der Waals surface area contributed by atoms with E-state index >= 15 is 0 Å². The third kappa shape index (κ3) is 3.94. The fourth-order valence-electron chi connectivity index (χ4n) is 7.55. The fraction of sp³-hybridized carbons (Fsp3) is 0. The molecular formula is C44H24N2O3S. The molecule has 0 radical (unpaired) electrons. The van der Waals surface area contributed by atoms with Gasteiger partial charge in [0.25, 0.3) is 5.56 Å². The van der Waals surface area contributed by atoms with E-state index in [1.165, 1.54) is 11.3 Å². The molecule has 11 aromatic rings. The number of benzene rings is 7. The van der Waals surface area contributed by atoms with E-state index in [0.29, 0.717) is 10.3 Å². The molecule has 4 heterocycles. The Balaban J connectivity index is 1.08. The molecule has 0 saturated heterocycles. The van der Waals surface area contributed by atoms with Gasteiger partial charge in [-0.05, 0) is 88.0 Å². The summed E-state index contributed by atoms with van der Waals surface area (Å²) in [7, 11) is 0. The lowest BCUT2D eigenvalue weighted by Crippen LogP contribution is -2.11. The lowest BCUT2D eigenvalue weighted by molar-refractivity contribution is 0.669. The molecule has 0 bridgehead atoms. The minimum Gasteiger partial charge on any atom is -0.456 e. The molecule has 11 rings (SSSR count).